The van der Waals surface area contributed by atoms with Crippen LogP contribution in [0.5, 0.6) is 0 Å². The second kappa shape index (κ2) is 6.99. The molecule has 0 radical (unpaired) electrons. The SMILES string of the molecule is CC1CCCCC1CNC(=O)C1CCC(C(F)(F)F)CN1. The predicted molar refractivity (Wildman–Crippen MR) is 74.7 cm³/mol. The van der Waals surface area contributed by atoms with Gasteiger partial charge in [-0.25, -0.2) is 0 Å². The Morgan fingerprint density at radius 1 is 1.19 bits per heavy atom. The molecule has 1 aliphatic carbocycles. The van der Waals surface area contributed by atoms with Crippen molar-refractivity contribution in [3.8, 4) is 0 Å². The molecule has 21 heavy (non-hydrogen) atoms. The fraction of sp³-hybridized carbons (Fsp3) is 0.933. The molecule has 122 valence electrons. The molecule has 4 unspecified atom stereocenters. The van der Waals surface area contributed by atoms with Crippen molar-refractivity contribution in [2.75, 3.05) is 13.1 Å². The largest absolute Gasteiger partial charge is 0.393 e. The molecule has 1 amide bonds. The minimum Gasteiger partial charge on any atom is -0.354 e. The molecule has 4 atom stereocenters. The van der Waals surface area contributed by atoms with Crippen molar-refractivity contribution >= 4 is 5.91 Å². The minimum absolute atomic E-state index is 0.0361. The summed E-state index contributed by atoms with van der Waals surface area (Å²) in [6, 6.07) is -0.470. The van der Waals surface area contributed by atoms with Crippen LogP contribution >= 0.6 is 0 Å². The van der Waals surface area contributed by atoms with Crippen LogP contribution in [-0.4, -0.2) is 31.2 Å². The number of hydrogen-bond donors (Lipinski definition) is 2. The summed E-state index contributed by atoms with van der Waals surface area (Å²) in [5.41, 5.74) is 0. The van der Waals surface area contributed by atoms with E-state index in [9.17, 15) is 18.0 Å². The van der Waals surface area contributed by atoms with Gasteiger partial charge in [-0.15, -0.1) is 0 Å². The monoisotopic (exact) mass is 306 g/mol. The standard InChI is InChI=1S/C15H25F3N2O/c1-10-4-2-3-5-11(10)8-20-14(21)13-7-6-12(9-19-13)15(16,17)18/h10-13,19H,2-9H2,1H3,(H,20,21). The Bertz CT molecular complexity index is 351. The zero-order chi connectivity index (χ0) is 15.5. The van der Waals surface area contributed by atoms with Gasteiger partial charge in [-0.3, -0.25) is 4.79 Å². The number of carbonyl (C=O) groups excluding carboxylic acids is 1. The maximum Gasteiger partial charge on any atom is 0.393 e. The Balaban J connectivity index is 1.72. The van der Waals surface area contributed by atoms with Crippen LogP contribution < -0.4 is 10.6 Å². The van der Waals surface area contributed by atoms with Crippen LogP contribution in [0, 0.1) is 17.8 Å². The third-order valence-corrected chi connectivity index (χ3v) is 5.02. The molecule has 2 fully saturated rings. The van der Waals surface area contributed by atoms with Gasteiger partial charge in [0.05, 0.1) is 12.0 Å². The molecule has 2 N–H and O–H groups in total. The number of alkyl halides is 3. The van der Waals surface area contributed by atoms with E-state index in [2.05, 4.69) is 17.6 Å². The first-order valence-electron chi connectivity index (χ1n) is 7.95. The second-order valence-corrected chi connectivity index (χ2v) is 6.54. The van der Waals surface area contributed by atoms with Crippen LogP contribution in [0.25, 0.3) is 0 Å². The minimum atomic E-state index is -4.16. The van der Waals surface area contributed by atoms with E-state index < -0.39 is 18.1 Å². The van der Waals surface area contributed by atoms with Crippen LogP contribution in [0.3, 0.4) is 0 Å². The number of halogens is 3. The van der Waals surface area contributed by atoms with Gasteiger partial charge in [0.2, 0.25) is 5.91 Å². The molecule has 1 aliphatic heterocycles. The molecule has 0 spiro atoms. The highest BCUT2D eigenvalue weighted by Crippen LogP contribution is 2.32. The van der Waals surface area contributed by atoms with Gasteiger partial charge < -0.3 is 10.6 Å². The van der Waals surface area contributed by atoms with Crippen LogP contribution in [-0.2, 0) is 4.79 Å². The molecule has 2 rings (SSSR count). The average molecular weight is 306 g/mol. The molecule has 1 saturated heterocycles. The van der Waals surface area contributed by atoms with Crippen LogP contribution in [0.4, 0.5) is 13.2 Å². The van der Waals surface area contributed by atoms with E-state index in [1.807, 2.05) is 0 Å². The van der Waals surface area contributed by atoms with Gasteiger partial charge in [-0.2, -0.15) is 13.2 Å². The van der Waals surface area contributed by atoms with Gasteiger partial charge in [0.25, 0.3) is 0 Å². The summed E-state index contributed by atoms with van der Waals surface area (Å²) >= 11 is 0. The molecule has 0 bridgehead atoms. The Morgan fingerprint density at radius 3 is 2.48 bits per heavy atom. The molecule has 0 aromatic rings. The molecule has 1 saturated carbocycles. The quantitative estimate of drug-likeness (QED) is 0.842. The van der Waals surface area contributed by atoms with E-state index in [0.717, 1.165) is 6.42 Å². The van der Waals surface area contributed by atoms with E-state index in [0.29, 0.717) is 18.4 Å². The summed E-state index contributed by atoms with van der Waals surface area (Å²) in [5, 5.41) is 5.67. The van der Waals surface area contributed by atoms with E-state index in [1.165, 1.54) is 19.3 Å². The Kier molecular flexibility index (Phi) is 5.52. The normalized spacial score (nSPS) is 34.5. The number of piperidine rings is 1. The highest BCUT2D eigenvalue weighted by Gasteiger charge is 2.42. The van der Waals surface area contributed by atoms with Crippen molar-refractivity contribution in [1.29, 1.82) is 0 Å². The maximum absolute atomic E-state index is 12.6. The highest BCUT2D eigenvalue weighted by molar-refractivity contribution is 5.81. The van der Waals surface area contributed by atoms with Crippen LogP contribution in [0.2, 0.25) is 0 Å². The van der Waals surface area contributed by atoms with Crippen molar-refractivity contribution in [2.24, 2.45) is 17.8 Å². The van der Waals surface area contributed by atoms with Gasteiger partial charge in [0.15, 0.2) is 0 Å². The van der Waals surface area contributed by atoms with Gasteiger partial charge in [-0.1, -0.05) is 26.2 Å². The Labute approximate surface area is 124 Å². The van der Waals surface area contributed by atoms with Gasteiger partial charge >= 0.3 is 6.18 Å². The maximum atomic E-state index is 12.6. The summed E-state index contributed by atoms with van der Waals surface area (Å²) in [5.74, 6) is -0.337. The molecule has 3 nitrogen and oxygen atoms in total. The number of carbonyl (C=O) groups is 1. The van der Waals surface area contributed by atoms with E-state index >= 15 is 0 Å². The topological polar surface area (TPSA) is 41.1 Å². The number of hydrogen-bond acceptors (Lipinski definition) is 2. The highest BCUT2D eigenvalue weighted by atomic mass is 19.4. The third kappa shape index (κ3) is 4.59. The van der Waals surface area contributed by atoms with Gasteiger partial charge in [0, 0.05) is 13.1 Å². The van der Waals surface area contributed by atoms with Crippen LogP contribution in [0.1, 0.15) is 45.4 Å². The zero-order valence-electron chi connectivity index (χ0n) is 12.5. The molecule has 0 aromatic heterocycles. The number of amides is 1. The molecule has 0 aromatic carbocycles. The summed E-state index contributed by atoms with van der Waals surface area (Å²) in [6.07, 6.45) is 0.941. The fourth-order valence-corrected chi connectivity index (χ4v) is 3.41. The number of nitrogens with one attached hydrogen (secondary N) is 2. The van der Waals surface area contributed by atoms with E-state index in [1.54, 1.807) is 0 Å². The van der Waals surface area contributed by atoms with Gasteiger partial charge in [0.1, 0.15) is 0 Å². The second-order valence-electron chi connectivity index (χ2n) is 6.54. The lowest BCUT2D eigenvalue weighted by Crippen LogP contribution is -2.52. The zero-order valence-corrected chi connectivity index (χ0v) is 12.5. The van der Waals surface area contributed by atoms with Crippen molar-refractivity contribution in [3.05, 3.63) is 0 Å². The van der Waals surface area contributed by atoms with E-state index in [4.69, 9.17) is 0 Å². The van der Waals surface area contributed by atoms with Gasteiger partial charge in [-0.05, 0) is 31.1 Å². The molecule has 6 heteroatoms. The summed E-state index contributed by atoms with van der Waals surface area (Å²) in [4.78, 5) is 12.0. The third-order valence-electron chi connectivity index (χ3n) is 5.02. The number of rotatable bonds is 3. The molecule has 2 aliphatic rings. The molecular formula is C15H25F3N2O. The van der Waals surface area contributed by atoms with Crippen molar-refractivity contribution in [2.45, 2.75) is 57.7 Å². The van der Waals surface area contributed by atoms with E-state index in [-0.39, 0.29) is 25.3 Å². The summed E-state index contributed by atoms with van der Waals surface area (Å²) in [6.45, 7) is 2.71. The first kappa shape index (κ1) is 16.6. The Hall–Kier alpha value is -0.780. The first-order chi connectivity index (χ1) is 9.88. The Morgan fingerprint density at radius 2 is 1.90 bits per heavy atom. The summed E-state index contributed by atoms with van der Waals surface area (Å²) in [7, 11) is 0. The smallest absolute Gasteiger partial charge is 0.354 e. The lowest BCUT2D eigenvalue weighted by Gasteiger charge is -2.32. The average Bonchev–Trinajstić information content (AvgIpc) is 2.45. The first-order valence-corrected chi connectivity index (χ1v) is 7.95. The molecular weight excluding hydrogens is 281 g/mol. The predicted octanol–water partition coefficient (Wildman–Crippen LogP) is 2.86. The van der Waals surface area contributed by atoms with Crippen molar-refractivity contribution in [3.63, 3.8) is 0 Å². The fourth-order valence-electron chi connectivity index (χ4n) is 3.41. The molecule has 1 heterocycles. The lowest BCUT2D eigenvalue weighted by molar-refractivity contribution is -0.180. The van der Waals surface area contributed by atoms with Crippen molar-refractivity contribution in [1.82, 2.24) is 10.6 Å². The summed E-state index contributed by atoms with van der Waals surface area (Å²) < 4.78 is 37.7. The van der Waals surface area contributed by atoms with Crippen LogP contribution in [0.15, 0.2) is 0 Å². The van der Waals surface area contributed by atoms with Crippen molar-refractivity contribution < 1.29 is 18.0 Å². The lowest BCUT2D eigenvalue weighted by atomic mass is 9.80.